The number of rotatable bonds is 4. The van der Waals surface area contributed by atoms with Gasteiger partial charge in [0.15, 0.2) is 0 Å². The Balaban J connectivity index is 3.43. The molecule has 0 saturated heterocycles. The molecule has 4 heteroatoms. The minimum Gasteiger partial charge on any atom is -0.314 e. The number of alkyl halides is 3. The molecule has 0 aliphatic rings. The van der Waals surface area contributed by atoms with Crippen molar-refractivity contribution < 1.29 is 13.2 Å². The summed E-state index contributed by atoms with van der Waals surface area (Å²) in [6.07, 6.45) is -0.687. The molecule has 0 aromatic carbocycles. The summed E-state index contributed by atoms with van der Waals surface area (Å²) in [6, 6.07) is 0. The van der Waals surface area contributed by atoms with E-state index in [9.17, 15) is 13.2 Å². The van der Waals surface area contributed by atoms with Crippen molar-refractivity contribution in [3.05, 3.63) is 0 Å². The van der Waals surface area contributed by atoms with Crippen molar-refractivity contribution in [2.75, 3.05) is 20.3 Å². The molecular weight excluding hydrogens is 131 g/mol. The number of halogens is 3. The van der Waals surface area contributed by atoms with E-state index >= 15 is 0 Å². The molecule has 0 fully saturated rings. The molecule has 0 amide bonds. The van der Waals surface area contributed by atoms with Crippen LogP contribution in [0.4, 0.5) is 13.2 Å². The first kappa shape index (κ1) is 8.75. The maximum Gasteiger partial charge on any atom is 0.262 e. The molecule has 0 bridgehead atoms. The van der Waals surface area contributed by atoms with Crippen LogP contribution < -0.4 is 5.32 Å². The zero-order valence-corrected chi connectivity index (χ0v) is 5.26. The summed E-state index contributed by atoms with van der Waals surface area (Å²) in [6.45, 7) is -1.41. The third-order valence-electron chi connectivity index (χ3n) is 0.896. The molecule has 0 aromatic rings. The van der Waals surface area contributed by atoms with E-state index in [0.29, 0.717) is 0 Å². The van der Waals surface area contributed by atoms with Crippen molar-refractivity contribution in [1.29, 1.82) is 0 Å². The largest absolute Gasteiger partial charge is 0.314 e. The van der Waals surface area contributed by atoms with Crippen molar-refractivity contribution >= 4 is 0 Å². The van der Waals surface area contributed by atoms with E-state index < -0.39 is 25.6 Å². The van der Waals surface area contributed by atoms with Crippen LogP contribution in [0.15, 0.2) is 0 Å². The Labute approximate surface area is 52.2 Å². The lowest BCUT2D eigenvalue weighted by atomic mass is 10.2. The van der Waals surface area contributed by atoms with Gasteiger partial charge in [-0.25, -0.2) is 8.78 Å². The fourth-order valence-corrected chi connectivity index (χ4v) is 0.485. The van der Waals surface area contributed by atoms with Gasteiger partial charge in [0.2, 0.25) is 0 Å². The molecule has 1 nitrogen and oxygen atoms in total. The van der Waals surface area contributed by atoms with Crippen LogP contribution in [-0.2, 0) is 0 Å². The van der Waals surface area contributed by atoms with E-state index in [4.69, 9.17) is 0 Å². The Morgan fingerprint density at radius 2 is 2.00 bits per heavy atom. The lowest BCUT2D eigenvalue weighted by molar-refractivity contribution is -0.00997. The third-order valence-corrected chi connectivity index (χ3v) is 0.896. The molecule has 0 radical (unpaired) electrons. The lowest BCUT2D eigenvalue weighted by Gasteiger charge is -2.12. The van der Waals surface area contributed by atoms with Gasteiger partial charge in [0, 0.05) is 6.42 Å². The van der Waals surface area contributed by atoms with E-state index in [0.717, 1.165) is 0 Å². The predicted octanol–water partition coefficient (Wildman–Crippen LogP) is 1.20. The molecule has 0 saturated carbocycles. The summed E-state index contributed by atoms with van der Waals surface area (Å²) in [5, 5.41) is 2.28. The Kier molecular flexibility index (Phi) is 3.61. The molecule has 0 unspecified atom stereocenters. The first-order chi connectivity index (χ1) is 4.12. The van der Waals surface area contributed by atoms with Crippen molar-refractivity contribution in [1.82, 2.24) is 5.32 Å². The summed E-state index contributed by atoms with van der Waals surface area (Å²) in [5.74, 6) is -2.89. The van der Waals surface area contributed by atoms with Gasteiger partial charge in [-0.05, 0) is 7.05 Å². The zero-order valence-electron chi connectivity index (χ0n) is 5.26. The summed E-state index contributed by atoms with van der Waals surface area (Å²) in [7, 11) is 1.41. The fraction of sp³-hybridized carbons (Fsp3) is 1.00. The normalized spacial score (nSPS) is 12.0. The lowest BCUT2D eigenvalue weighted by Crippen LogP contribution is -2.30. The molecule has 56 valence electrons. The predicted molar refractivity (Wildman–Crippen MR) is 29.5 cm³/mol. The maximum absolute atomic E-state index is 12.1. The topological polar surface area (TPSA) is 12.0 Å². The van der Waals surface area contributed by atoms with Gasteiger partial charge in [-0.1, -0.05) is 0 Å². The van der Waals surface area contributed by atoms with Gasteiger partial charge in [-0.2, -0.15) is 0 Å². The Bertz CT molecular complexity index is 66.6. The molecule has 0 spiro atoms. The van der Waals surface area contributed by atoms with E-state index in [2.05, 4.69) is 5.32 Å². The summed E-state index contributed by atoms with van der Waals surface area (Å²) in [5.41, 5.74) is 0. The SMILES string of the molecule is CNCC(F)(F)CCF. The Morgan fingerprint density at radius 3 is 2.33 bits per heavy atom. The van der Waals surface area contributed by atoms with Crippen LogP contribution in [-0.4, -0.2) is 26.2 Å². The van der Waals surface area contributed by atoms with Crippen LogP contribution in [0.5, 0.6) is 0 Å². The van der Waals surface area contributed by atoms with Crippen LogP contribution in [0.3, 0.4) is 0 Å². The van der Waals surface area contributed by atoms with Gasteiger partial charge < -0.3 is 5.32 Å². The van der Waals surface area contributed by atoms with E-state index in [1.807, 2.05) is 0 Å². The average molecular weight is 141 g/mol. The molecule has 0 aliphatic heterocycles. The van der Waals surface area contributed by atoms with Gasteiger partial charge in [0.25, 0.3) is 5.92 Å². The van der Waals surface area contributed by atoms with Gasteiger partial charge in [0.05, 0.1) is 13.2 Å². The van der Waals surface area contributed by atoms with Gasteiger partial charge >= 0.3 is 0 Å². The second kappa shape index (κ2) is 3.71. The van der Waals surface area contributed by atoms with Crippen molar-refractivity contribution in [3.63, 3.8) is 0 Å². The highest BCUT2D eigenvalue weighted by molar-refractivity contribution is 4.66. The highest BCUT2D eigenvalue weighted by Crippen LogP contribution is 2.16. The molecule has 0 rings (SSSR count). The molecule has 0 aliphatic carbocycles. The molecule has 1 N–H and O–H groups in total. The molecule has 9 heavy (non-hydrogen) atoms. The minimum atomic E-state index is -2.89. The average Bonchev–Trinajstić information content (AvgIpc) is 1.64. The first-order valence-corrected chi connectivity index (χ1v) is 2.71. The highest BCUT2D eigenvalue weighted by Gasteiger charge is 2.26. The van der Waals surface area contributed by atoms with Crippen LogP contribution >= 0.6 is 0 Å². The summed E-state index contributed by atoms with van der Waals surface area (Å²) in [4.78, 5) is 0. The second-order valence-electron chi connectivity index (χ2n) is 1.83. The van der Waals surface area contributed by atoms with Crippen LogP contribution in [0.2, 0.25) is 0 Å². The number of nitrogens with one attached hydrogen (secondary N) is 1. The maximum atomic E-state index is 12.1. The number of hydrogen-bond acceptors (Lipinski definition) is 1. The number of hydrogen-bond donors (Lipinski definition) is 1. The van der Waals surface area contributed by atoms with Gasteiger partial charge in [0.1, 0.15) is 0 Å². The van der Waals surface area contributed by atoms with Crippen LogP contribution in [0, 0.1) is 0 Å². The standard InChI is InChI=1S/C5H10F3N/c1-9-4-5(7,8)2-3-6/h9H,2-4H2,1H3. The Hall–Kier alpha value is -0.250. The monoisotopic (exact) mass is 141 g/mol. The van der Waals surface area contributed by atoms with Gasteiger partial charge in [-0.3, -0.25) is 4.39 Å². The van der Waals surface area contributed by atoms with Gasteiger partial charge in [-0.15, -0.1) is 0 Å². The highest BCUT2D eigenvalue weighted by atomic mass is 19.3. The molecule has 0 atom stereocenters. The van der Waals surface area contributed by atoms with Crippen LogP contribution in [0.1, 0.15) is 6.42 Å². The first-order valence-electron chi connectivity index (χ1n) is 2.71. The summed E-state index contributed by atoms with van der Waals surface area (Å²) < 4.78 is 35.5. The summed E-state index contributed by atoms with van der Waals surface area (Å²) >= 11 is 0. The van der Waals surface area contributed by atoms with Crippen molar-refractivity contribution in [3.8, 4) is 0 Å². The zero-order chi connectivity index (χ0) is 7.33. The fourth-order valence-electron chi connectivity index (χ4n) is 0.485. The van der Waals surface area contributed by atoms with E-state index in [-0.39, 0.29) is 0 Å². The third kappa shape index (κ3) is 4.27. The molecule has 0 aromatic heterocycles. The van der Waals surface area contributed by atoms with Crippen molar-refractivity contribution in [2.24, 2.45) is 0 Å². The smallest absolute Gasteiger partial charge is 0.262 e. The quantitative estimate of drug-likeness (QED) is 0.620. The van der Waals surface area contributed by atoms with E-state index in [1.165, 1.54) is 7.05 Å². The minimum absolute atomic E-state index is 0.448. The Morgan fingerprint density at radius 1 is 1.44 bits per heavy atom. The van der Waals surface area contributed by atoms with Crippen molar-refractivity contribution in [2.45, 2.75) is 12.3 Å². The molecular formula is C5H10F3N. The van der Waals surface area contributed by atoms with Crippen LogP contribution in [0.25, 0.3) is 0 Å². The molecule has 0 heterocycles. The van der Waals surface area contributed by atoms with E-state index in [1.54, 1.807) is 0 Å². The second-order valence-corrected chi connectivity index (χ2v) is 1.83.